The van der Waals surface area contributed by atoms with Gasteiger partial charge in [-0.1, -0.05) is 35.3 Å². The predicted molar refractivity (Wildman–Crippen MR) is 109 cm³/mol. The zero-order valence-corrected chi connectivity index (χ0v) is 16.6. The first-order chi connectivity index (χ1) is 14.6. The van der Waals surface area contributed by atoms with Crippen molar-refractivity contribution in [2.75, 3.05) is 23.7 Å². The average molecular weight is 404 g/mol. The van der Waals surface area contributed by atoms with Gasteiger partial charge in [0.2, 0.25) is 5.82 Å². The van der Waals surface area contributed by atoms with Gasteiger partial charge in [-0.2, -0.15) is 5.10 Å². The van der Waals surface area contributed by atoms with Crippen LogP contribution in [0.25, 0.3) is 0 Å². The van der Waals surface area contributed by atoms with Gasteiger partial charge >= 0.3 is 5.95 Å². The molecule has 1 aromatic carbocycles. The number of likely N-dealkylation sites (tertiary alicyclic amines) is 1. The summed E-state index contributed by atoms with van der Waals surface area (Å²) in [6, 6.07) is 12.0. The van der Waals surface area contributed by atoms with Gasteiger partial charge in [0.1, 0.15) is 18.3 Å². The molecule has 2 amide bonds. The van der Waals surface area contributed by atoms with E-state index in [-0.39, 0.29) is 17.6 Å². The minimum atomic E-state index is -0.408. The molecule has 1 atom stereocenters. The maximum absolute atomic E-state index is 12.9. The van der Waals surface area contributed by atoms with Crippen LogP contribution in [0, 0.1) is 0 Å². The van der Waals surface area contributed by atoms with Crippen LogP contribution in [-0.4, -0.2) is 44.6 Å². The number of rotatable bonds is 4. The topological polar surface area (TPSA) is 96.0 Å². The van der Waals surface area contributed by atoms with E-state index in [0.29, 0.717) is 30.4 Å². The summed E-state index contributed by atoms with van der Waals surface area (Å²) in [6.45, 7) is 2.19. The van der Waals surface area contributed by atoms with Crippen molar-refractivity contribution < 1.29 is 14.2 Å². The third-order valence-corrected chi connectivity index (χ3v) is 5.56. The largest absolute Gasteiger partial charge is 0.394 e. The molecule has 9 heteroatoms. The number of carbonyl (C=O) groups excluding carboxylic acids is 2. The Morgan fingerprint density at radius 3 is 2.73 bits per heavy atom. The van der Waals surface area contributed by atoms with Crippen LogP contribution >= 0.6 is 0 Å². The highest BCUT2D eigenvalue weighted by molar-refractivity contribution is 6.10. The van der Waals surface area contributed by atoms with Gasteiger partial charge in [0.05, 0.1) is 18.0 Å². The summed E-state index contributed by atoms with van der Waals surface area (Å²) in [5.41, 5.74) is 1.72. The Morgan fingerprint density at radius 1 is 1.20 bits per heavy atom. The fourth-order valence-electron chi connectivity index (χ4n) is 3.78. The van der Waals surface area contributed by atoms with Crippen molar-refractivity contribution in [3.63, 3.8) is 0 Å². The summed E-state index contributed by atoms with van der Waals surface area (Å²) in [4.78, 5) is 31.8. The molecule has 2 aromatic heterocycles. The van der Waals surface area contributed by atoms with Crippen LogP contribution in [0.1, 0.15) is 38.9 Å². The number of anilines is 2. The van der Waals surface area contributed by atoms with Gasteiger partial charge in [-0.25, -0.2) is 4.57 Å². The standard InChI is InChI=1S/C21H21N7O2/c1-26-18(15(12-22-26)20(30)27-9-5-10-27)19(29)24-17-8-11-28-13-16(23-21(28)25-17)14-6-3-2-4-7-14/h2-4,6-8,11-12,16H,5,9-10,13H2,1H3,(H,23,24,25,29)/p+1. The van der Waals surface area contributed by atoms with Crippen LogP contribution in [0.4, 0.5) is 11.8 Å². The zero-order valence-electron chi connectivity index (χ0n) is 16.6. The van der Waals surface area contributed by atoms with E-state index >= 15 is 0 Å². The van der Waals surface area contributed by atoms with Gasteiger partial charge in [-0.05, 0) is 12.0 Å². The molecule has 0 bridgehead atoms. The van der Waals surface area contributed by atoms with Gasteiger partial charge in [0, 0.05) is 26.2 Å². The van der Waals surface area contributed by atoms with Crippen molar-refractivity contribution in [1.82, 2.24) is 19.7 Å². The van der Waals surface area contributed by atoms with Crippen LogP contribution in [0.5, 0.6) is 0 Å². The maximum Gasteiger partial charge on any atom is 0.394 e. The Hall–Kier alpha value is -3.75. The number of aromatic nitrogens is 4. The Kier molecular flexibility index (Phi) is 4.42. The molecule has 2 N–H and O–H groups in total. The molecule has 4 heterocycles. The SMILES string of the molecule is Cn1ncc(C(=O)N2CCC2)c1C(=O)Nc1cc[n+]2c(n1)NC(c1ccccc1)C2. The Bertz CT molecular complexity index is 1120. The number of hydrogen-bond donors (Lipinski definition) is 2. The molecule has 1 saturated heterocycles. The van der Waals surface area contributed by atoms with E-state index in [1.54, 1.807) is 18.0 Å². The minimum Gasteiger partial charge on any atom is -0.338 e. The summed E-state index contributed by atoms with van der Waals surface area (Å²) in [6.07, 6.45) is 4.33. The molecule has 3 aromatic rings. The maximum atomic E-state index is 12.9. The molecular formula is C21H22N7O2+. The molecule has 2 aliphatic rings. The third-order valence-electron chi connectivity index (χ3n) is 5.56. The molecular weight excluding hydrogens is 382 g/mol. The molecule has 30 heavy (non-hydrogen) atoms. The number of nitrogens with zero attached hydrogens (tertiary/aromatic N) is 5. The Labute approximate surface area is 173 Å². The molecule has 0 aliphatic carbocycles. The highest BCUT2D eigenvalue weighted by Gasteiger charge is 2.32. The van der Waals surface area contributed by atoms with Crippen LogP contribution in [0.3, 0.4) is 0 Å². The molecule has 2 aliphatic heterocycles. The molecule has 5 rings (SSSR count). The van der Waals surface area contributed by atoms with Gasteiger partial charge in [0.25, 0.3) is 11.8 Å². The highest BCUT2D eigenvalue weighted by Crippen LogP contribution is 2.23. The average Bonchev–Trinajstić information content (AvgIpc) is 3.30. The van der Waals surface area contributed by atoms with Crippen LogP contribution < -0.4 is 15.2 Å². The Balaban J connectivity index is 1.34. The molecule has 0 spiro atoms. The van der Waals surface area contributed by atoms with Crippen LogP contribution in [0.15, 0.2) is 48.8 Å². The zero-order chi connectivity index (χ0) is 20.7. The van der Waals surface area contributed by atoms with Crippen LogP contribution in [-0.2, 0) is 13.6 Å². The number of amides is 2. The van der Waals surface area contributed by atoms with Gasteiger partial charge in [-0.3, -0.25) is 24.9 Å². The predicted octanol–water partition coefficient (Wildman–Crippen LogP) is 1.37. The first kappa shape index (κ1) is 18.3. The van der Waals surface area contributed by atoms with E-state index in [1.165, 1.54) is 16.4 Å². The number of aryl methyl sites for hydroxylation is 1. The van der Waals surface area contributed by atoms with Gasteiger partial charge < -0.3 is 4.90 Å². The second kappa shape index (κ2) is 7.25. The monoisotopic (exact) mass is 404 g/mol. The molecule has 9 nitrogen and oxygen atoms in total. The summed E-state index contributed by atoms with van der Waals surface area (Å²) in [5.74, 6) is 0.526. The summed E-state index contributed by atoms with van der Waals surface area (Å²) < 4.78 is 3.43. The lowest BCUT2D eigenvalue weighted by atomic mass is 10.1. The Morgan fingerprint density at radius 2 is 2.00 bits per heavy atom. The van der Waals surface area contributed by atoms with E-state index in [1.807, 2.05) is 29.0 Å². The molecule has 1 unspecified atom stereocenters. The van der Waals surface area contributed by atoms with E-state index in [0.717, 1.165) is 13.0 Å². The van der Waals surface area contributed by atoms with Crippen molar-refractivity contribution >= 4 is 23.6 Å². The number of benzene rings is 1. The van der Waals surface area contributed by atoms with E-state index in [2.05, 4.69) is 32.8 Å². The third kappa shape index (κ3) is 3.18. The normalized spacial score (nSPS) is 17.1. The number of nitrogens with one attached hydrogen (secondary N) is 2. The molecule has 0 saturated carbocycles. The lowest BCUT2D eigenvalue weighted by molar-refractivity contribution is -0.676. The van der Waals surface area contributed by atoms with Crippen molar-refractivity contribution in [2.24, 2.45) is 7.05 Å². The number of carbonyl (C=O) groups is 2. The van der Waals surface area contributed by atoms with Crippen molar-refractivity contribution in [3.05, 3.63) is 65.6 Å². The van der Waals surface area contributed by atoms with Crippen LogP contribution in [0.2, 0.25) is 0 Å². The fourth-order valence-corrected chi connectivity index (χ4v) is 3.78. The molecule has 152 valence electrons. The highest BCUT2D eigenvalue weighted by atomic mass is 16.2. The second-order valence-corrected chi connectivity index (χ2v) is 7.53. The quantitative estimate of drug-likeness (QED) is 0.641. The summed E-state index contributed by atoms with van der Waals surface area (Å²) in [7, 11) is 1.65. The lowest BCUT2D eigenvalue weighted by Gasteiger charge is -2.30. The first-order valence-electron chi connectivity index (χ1n) is 9.95. The van der Waals surface area contributed by atoms with E-state index < -0.39 is 5.91 Å². The smallest absolute Gasteiger partial charge is 0.338 e. The summed E-state index contributed by atoms with van der Waals surface area (Å²) >= 11 is 0. The van der Waals surface area contributed by atoms with E-state index in [9.17, 15) is 9.59 Å². The summed E-state index contributed by atoms with van der Waals surface area (Å²) in [5, 5.41) is 10.3. The van der Waals surface area contributed by atoms with Crippen molar-refractivity contribution in [2.45, 2.75) is 19.0 Å². The number of hydrogen-bond acceptors (Lipinski definition) is 5. The second-order valence-electron chi connectivity index (χ2n) is 7.53. The van der Waals surface area contributed by atoms with Crippen molar-refractivity contribution in [3.8, 4) is 0 Å². The fraction of sp³-hybridized carbons (Fsp3) is 0.286. The molecule has 1 fully saturated rings. The first-order valence-corrected chi connectivity index (χ1v) is 9.95. The number of fused-ring (bicyclic) bond motifs is 1. The van der Waals surface area contributed by atoms with E-state index in [4.69, 9.17) is 0 Å². The van der Waals surface area contributed by atoms with Gasteiger partial charge in [-0.15, -0.1) is 0 Å². The lowest BCUT2D eigenvalue weighted by Crippen LogP contribution is -2.42. The minimum absolute atomic E-state index is 0.127. The molecule has 0 radical (unpaired) electrons. The van der Waals surface area contributed by atoms with Gasteiger partial charge in [0.15, 0.2) is 0 Å². The van der Waals surface area contributed by atoms with Crippen molar-refractivity contribution in [1.29, 1.82) is 0 Å².